The predicted octanol–water partition coefficient (Wildman–Crippen LogP) is 3.23. The zero-order valence-electron chi connectivity index (χ0n) is 10.2. The van der Waals surface area contributed by atoms with E-state index in [2.05, 4.69) is 0 Å². The highest BCUT2D eigenvalue weighted by Crippen LogP contribution is 2.30. The van der Waals surface area contributed by atoms with Gasteiger partial charge in [-0.1, -0.05) is 12.2 Å². The van der Waals surface area contributed by atoms with E-state index in [9.17, 15) is 9.59 Å². The lowest BCUT2D eigenvalue weighted by molar-refractivity contribution is -0.116. The second kappa shape index (κ2) is 5.95. The molecule has 0 saturated heterocycles. The van der Waals surface area contributed by atoms with Crippen LogP contribution in [0.3, 0.4) is 0 Å². The smallest absolute Gasteiger partial charge is 0.158 e. The Morgan fingerprint density at radius 2 is 1.24 bits per heavy atom. The first kappa shape index (κ1) is 12.3. The van der Waals surface area contributed by atoms with E-state index in [-0.39, 0.29) is 0 Å². The molecule has 92 valence electrons. The maximum Gasteiger partial charge on any atom is 0.158 e. The summed E-state index contributed by atoms with van der Waals surface area (Å²) in [6.07, 6.45) is 14.6. The van der Waals surface area contributed by atoms with Crippen LogP contribution >= 0.6 is 0 Å². The Labute approximate surface area is 103 Å². The molecule has 0 aliphatic heterocycles. The van der Waals surface area contributed by atoms with Crippen LogP contribution in [0.2, 0.25) is 0 Å². The van der Waals surface area contributed by atoms with Crippen LogP contribution in [0.5, 0.6) is 0 Å². The Bertz CT molecular complexity index is 310. The van der Waals surface area contributed by atoms with E-state index in [4.69, 9.17) is 0 Å². The zero-order chi connectivity index (χ0) is 12.1. The Morgan fingerprint density at radius 1 is 0.824 bits per heavy atom. The van der Waals surface area contributed by atoms with E-state index in [0.29, 0.717) is 23.4 Å². The minimum atomic E-state index is 0.296. The molecule has 0 aromatic carbocycles. The molecule has 0 aromatic rings. The highest BCUT2D eigenvalue weighted by atomic mass is 16.1. The van der Waals surface area contributed by atoms with Crippen LogP contribution in [-0.2, 0) is 9.59 Å². The molecule has 0 atom stereocenters. The zero-order valence-corrected chi connectivity index (χ0v) is 10.2. The molecule has 2 nitrogen and oxygen atoms in total. The molecule has 0 heterocycles. The number of allylic oxidation sites excluding steroid dienone is 4. The molecule has 0 radical (unpaired) electrons. The number of hydrogen-bond donors (Lipinski definition) is 0. The number of unbranched alkanes of at least 4 members (excludes halogenated alkanes) is 2. The number of hydrogen-bond acceptors (Lipinski definition) is 2. The number of rotatable bonds is 8. The summed E-state index contributed by atoms with van der Waals surface area (Å²) in [5.41, 5.74) is 0. The van der Waals surface area contributed by atoms with E-state index >= 15 is 0 Å². The van der Waals surface area contributed by atoms with Gasteiger partial charge in [0.2, 0.25) is 0 Å². The van der Waals surface area contributed by atoms with Gasteiger partial charge >= 0.3 is 0 Å². The van der Waals surface area contributed by atoms with Gasteiger partial charge in [-0.15, -0.1) is 0 Å². The molecule has 0 spiro atoms. The van der Waals surface area contributed by atoms with Crippen LogP contribution in [0.15, 0.2) is 24.3 Å². The Morgan fingerprint density at radius 3 is 1.59 bits per heavy atom. The molecule has 0 aromatic heterocycles. The van der Waals surface area contributed by atoms with Crippen molar-refractivity contribution < 1.29 is 9.59 Å². The van der Waals surface area contributed by atoms with Crippen molar-refractivity contribution in [1.29, 1.82) is 0 Å². The van der Waals surface area contributed by atoms with Crippen LogP contribution in [0.1, 0.15) is 44.9 Å². The van der Waals surface area contributed by atoms with Gasteiger partial charge in [-0.2, -0.15) is 0 Å². The summed E-state index contributed by atoms with van der Waals surface area (Å²) < 4.78 is 0. The van der Waals surface area contributed by atoms with E-state index in [1.807, 2.05) is 12.2 Å². The fourth-order valence-electron chi connectivity index (χ4n) is 1.76. The minimum absolute atomic E-state index is 0.296. The average Bonchev–Trinajstić information content (AvgIpc) is 3.20. The van der Waals surface area contributed by atoms with Crippen molar-refractivity contribution in [3.8, 4) is 0 Å². The third kappa shape index (κ3) is 4.68. The molecule has 2 saturated carbocycles. The van der Waals surface area contributed by atoms with Crippen molar-refractivity contribution in [3.63, 3.8) is 0 Å². The summed E-state index contributed by atoms with van der Waals surface area (Å²) in [4.78, 5) is 22.6. The largest absolute Gasteiger partial charge is 0.295 e. The van der Waals surface area contributed by atoms with Crippen molar-refractivity contribution in [2.45, 2.75) is 44.9 Å². The van der Waals surface area contributed by atoms with Gasteiger partial charge in [0.1, 0.15) is 0 Å². The van der Waals surface area contributed by atoms with Gasteiger partial charge in [0.15, 0.2) is 11.6 Å². The van der Waals surface area contributed by atoms with Crippen molar-refractivity contribution in [3.05, 3.63) is 24.3 Å². The molecule has 2 aliphatic rings. The van der Waals surface area contributed by atoms with Crippen LogP contribution in [-0.4, -0.2) is 11.6 Å². The molecule has 2 aliphatic carbocycles. The summed E-state index contributed by atoms with van der Waals surface area (Å²) in [5.74, 6) is 1.26. The Kier molecular flexibility index (Phi) is 4.29. The Hall–Kier alpha value is -1.18. The summed E-state index contributed by atoms with van der Waals surface area (Å²) >= 11 is 0. The summed E-state index contributed by atoms with van der Waals surface area (Å²) in [6.45, 7) is 0. The van der Waals surface area contributed by atoms with E-state index in [0.717, 1.165) is 44.9 Å². The molecule has 2 heteroatoms. The average molecular weight is 232 g/mol. The Balaban J connectivity index is 1.50. The standard InChI is InChI=1S/C15H20O2/c16-14(12-8-9-12)6-4-2-1-3-5-7-15(17)13-10-11-13/h4-7,12-13H,1-3,8-11H2/b6-4+,7-5+. The van der Waals surface area contributed by atoms with Crippen molar-refractivity contribution in [2.24, 2.45) is 11.8 Å². The van der Waals surface area contributed by atoms with Crippen molar-refractivity contribution in [2.75, 3.05) is 0 Å². The highest BCUT2D eigenvalue weighted by Gasteiger charge is 2.27. The normalized spacial score (nSPS) is 20.2. The molecule has 0 amide bonds. The molecule has 2 rings (SSSR count). The third-order valence-corrected chi connectivity index (χ3v) is 3.27. The quantitative estimate of drug-likeness (QED) is 0.475. The van der Waals surface area contributed by atoms with E-state index in [1.54, 1.807) is 12.2 Å². The van der Waals surface area contributed by atoms with Crippen LogP contribution < -0.4 is 0 Å². The first-order valence-electron chi connectivity index (χ1n) is 6.68. The van der Waals surface area contributed by atoms with Crippen LogP contribution in [0, 0.1) is 11.8 Å². The lowest BCUT2D eigenvalue weighted by atomic mass is 10.1. The molecule has 0 N–H and O–H groups in total. The molecular weight excluding hydrogens is 212 g/mol. The lowest BCUT2D eigenvalue weighted by Crippen LogP contribution is -1.93. The van der Waals surface area contributed by atoms with Gasteiger partial charge in [-0.05, 0) is 57.1 Å². The molecular formula is C15H20O2. The van der Waals surface area contributed by atoms with Crippen molar-refractivity contribution in [1.82, 2.24) is 0 Å². The summed E-state index contributed by atoms with van der Waals surface area (Å²) in [6, 6.07) is 0. The van der Waals surface area contributed by atoms with Gasteiger partial charge < -0.3 is 0 Å². The molecule has 17 heavy (non-hydrogen) atoms. The molecule has 2 fully saturated rings. The maximum atomic E-state index is 11.3. The van der Waals surface area contributed by atoms with Gasteiger partial charge in [0.05, 0.1) is 0 Å². The minimum Gasteiger partial charge on any atom is -0.295 e. The van der Waals surface area contributed by atoms with E-state index in [1.165, 1.54) is 0 Å². The van der Waals surface area contributed by atoms with Gasteiger partial charge in [-0.25, -0.2) is 0 Å². The second-order valence-electron chi connectivity index (χ2n) is 5.09. The fourth-order valence-corrected chi connectivity index (χ4v) is 1.76. The van der Waals surface area contributed by atoms with Crippen molar-refractivity contribution >= 4 is 11.6 Å². The first-order chi connectivity index (χ1) is 8.27. The fraction of sp³-hybridized carbons (Fsp3) is 0.600. The van der Waals surface area contributed by atoms with Gasteiger partial charge in [0.25, 0.3) is 0 Å². The number of carbonyl (C=O) groups is 2. The third-order valence-electron chi connectivity index (χ3n) is 3.27. The molecule has 0 bridgehead atoms. The maximum absolute atomic E-state index is 11.3. The van der Waals surface area contributed by atoms with Crippen LogP contribution in [0.25, 0.3) is 0 Å². The van der Waals surface area contributed by atoms with Crippen LogP contribution in [0.4, 0.5) is 0 Å². The second-order valence-corrected chi connectivity index (χ2v) is 5.09. The molecule has 0 unspecified atom stereocenters. The van der Waals surface area contributed by atoms with E-state index < -0.39 is 0 Å². The summed E-state index contributed by atoms with van der Waals surface area (Å²) in [5, 5.41) is 0. The van der Waals surface area contributed by atoms with Gasteiger partial charge in [-0.3, -0.25) is 9.59 Å². The topological polar surface area (TPSA) is 34.1 Å². The number of ketones is 2. The van der Waals surface area contributed by atoms with Gasteiger partial charge in [0, 0.05) is 11.8 Å². The highest BCUT2D eigenvalue weighted by molar-refractivity contribution is 5.93. The summed E-state index contributed by atoms with van der Waals surface area (Å²) in [7, 11) is 0. The number of carbonyl (C=O) groups excluding carboxylic acids is 2. The monoisotopic (exact) mass is 232 g/mol. The first-order valence-corrected chi connectivity index (χ1v) is 6.68. The predicted molar refractivity (Wildman–Crippen MR) is 67.6 cm³/mol. The SMILES string of the molecule is O=C(/C=C/CCC/C=C/C(=O)C1CC1)C1CC1. The lowest BCUT2D eigenvalue weighted by Gasteiger charge is -1.91.